The van der Waals surface area contributed by atoms with Crippen LogP contribution in [-0.2, 0) is 16.1 Å². The maximum atomic E-state index is 12.7. The average Bonchev–Trinajstić information content (AvgIpc) is 3.46. The van der Waals surface area contributed by atoms with Crippen molar-refractivity contribution in [2.45, 2.75) is 13.5 Å². The summed E-state index contributed by atoms with van der Waals surface area (Å²) in [6.07, 6.45) is 1.52. The molecule has 0 bridgehead atoms. The maximum absolute atomic E-state index is 12.7. The number of methoxy groups -OCH3 is 1. The van der Waals surface area contributed by atoms with Crippen molar-refractivity contribution in [3.05, 3.63) is 75.2 Å². The van der Waals surface area contributed by atoms with Gasteiger partial charge in [0.25, 0.3) is 11.1 Å². The van der Waals surface area contributed by atoms with E-state index in [4.69, 9.17) is 20.4 Å². The van der Waals surface area contributed by atoms with Crippen molar-refractivity contribution < 1.29 is 28.0 Å². The second-order valence-electron chi connectivity index (χ2n) is 6.69. The van der Waals surface area contributed by atoms with Gasteiger partial charge in [0.2, 0.25) is 5.76 Å². The molecular formula is C22H16ClNO6S. The van der Waals surface area contributed by atoms with Gasteiger partial charge in [0.1, 0.15) is 17.3 Å². The Morgan fingerprint density at radius 1 is 1.16 bits per heavy atom. The molecule has 0 aliphatic carbocycles. The van der Waals surface area contributed by atoms with Gasteiger partial charge in [-0.15, -0.1) is 0 Å². The summed E-state index contributed by atoms with van der Waals surface area (Å²) in [7, 11) is 1.24. The van der Waals surface area contributed by atoms with E-state index in [-0.39, 0.29) is 17.2 Å². The van der Waals surface area contributed by atoms with E-state index in [1.807, 2.05) is 13.0 Å². The molecule has 1 saturated heterocycles. The van der Waals surface area contributed by atoms with Crippen LogP contribution in [-0.4, -0.2) is 29.1 Å². The van der Waals surface area contributed by atoms with Crippen molar-refractivity contribution in [3.8, 4) is 11.3 Å². The van der Waals surface area contributed by atoms with Crippen LogP contribution in [0.2, 0.25) is 5.02 Å². The van der Waals surface area contributed by atoms with E-state index in [0.29, 0.717) is 22.3 Å². The van der Waals surface area contributed by atoms with Crippen LogP contribution in [0.15, 0.2) is 56.2 Å². The lowest BCUT2D eigenvalue weighted by atomic mass is 10.1. The molecule has 1 aliphatic heterocycles. The molecule has 158 valence electrons. The van der Waals surface area contributed by atoms with Crippen molar-refractivity contribution in [1.82, 2.24) is 4.90 Å². The molecule has 1 aliphatic rings. The van der Waals surface area contributed by atoms with Crippen LogP contribution in [0.5, 0.6) is 0 Å². The molecule has 9 heteroatoms. The van der Waals surface area contributed by atoms with Crippen molar-refractivity contribution >= 4 is 46.6 Å². The first-order valence-electron chi connectivity index (χ1n) is 9.14. The Balaban J connectivity index is 1.52. The monoisotopic (exact) mass is 457 g/mol. The normalized spacial score (nSPS) is 15.2. The Bertz CT molecular complexity index is 1220. The van der Waals surface area contributed by atoms with Gasteiger partial charge >= 0.3 is 5.97 Å². The van der Waals surface area contributed by atoms with Crippen LogP contribution in [0, 0.1) is 6.92 Å². The van der Waals surface area contributed by atoms with Gasteiger partial charge in [-0.3, -0.25) is 14.5 Å². The summed E-state index contributed by atoms with van der Waals surface area (Å²) >= 11 is 6.89. The van der Waals surface area contributed by atoms with Gasteiger partial charge in [-0.25, -0.2) is 4.79 Å². The van der Waals surface area contributed by atoms with E-state index in [2.05, 4.69) is 4.74 Å². The summed E-state index contributed by atoms with van der Waals surface area (Å²) in [4.78, 5) is 37.8. The van der Waals surface area contributed by atoms with E-state index in [9.17, 15) is 14.4 Å². The fourth-order valence-electron chi connectivity index (χ4n) is 3.03. The van der Waals surface area contributed by atoms with E-state index < -0.39 is 17.1 Å². The van der Waals surface area contributed by atoms with Gasteiger partial charge in [-0.2, -0.15) is 0 Å². The quantitative estimate of drug-likeness (QED) is 0.367. The number of esters is 1. The Morgan fingerprint density at radius 3 is 2.74 bits per heavy atom. The molecule has 0 radical (unpaired) electrons. The van der Waals surface area contributed by atoms with Gasteiger partial charge < -0.3 is 13.6 Å². The van der Waals surface area contributed by atoms with Crippen molar-refractivity contribution in [2.24, 2.45) is 0 Å². The zero-order valence-electron chi connectivity index (χ0n) is 16.5. The fraction of sp³-hybridized carbons (Fsp3) is 0.136. The second-order valence-corrected chi connectivity index (χ2v) is 8.12. The predicted molar refractivity (Wildman–Crippen MR) is 115 cm³/mol. The Morgan fingerprint density at radius 2 is 1.97 bits per heavy atom. The number of hydrogen-bond acceptors (Lipinski definition) is 7. The van der Waals surface area contributed by atoms with Gasteiger partial charge in [-0.1, -0.05) is 17.7 Å². The minimum absolute atomic E-state index is 0.000521. The lowest BCUT2D eigenvalue weighted by Crippen LogP contribution is -2.27. The van der Waals surface area contributed by atoms with Crippen molar-refractivity contribution in [3.63, 3.8) is 0 Å². The van der Waals surface area contributed by atoms with E-state index >= 15 is 0 Å². The number of thioether (sulfide) groups is 1. The SMILES string of the molecule is COC(=O)c1ccc(CN2C(=O)S/C(=C/c3ccc(-c4cc(Cl)ccc4C)o3)C2=O)o1. The smallest absolute Gasteiger partial charge is 0.373 e. The summed E-state index contributed by atoms with van der Waals surface area (Å²) in [5, 5.41) is 0.151. The molecule has 1 fully saturated rings. The zero-order valence-corrected chi connectivity index (χ0v) is 18.1. The Hall–Kier alpha value is -3.23. The van der Waals surface area contributed by atoms with Gasteiger partial charge in [0.05, 0.1) is 18.6 Å². The standard InChI is InChI=1S/C22H16ClNO6S/c1-12-3-4-13(23)9-16(12)17-7-5-14(29-17)10-19-20(25)24(22(27)31-19)11-15-6-8-18(30-15)21(26)28-2/h3-10H,11H2,1-2H3/b19-10+. The summed E-state index contributed by atoms with van der Waals surface area (Å²) in [6, 6.07) is 12.0. The van der Waals surface area contributed by atoms with Gasteiger partial charge in [-0.05, 0) is 60.6 Å². The third kappa shape index (κ3) is 4.30. The average molecular weight is 458 g/mol. The van der Waals surface area contributed by atoms with E-state index in [1.54, 1.807) is 24.3 Å². The first kappa shape index (κ1) is 21.0. The molecule has 3 aromatic rings. The number of furan rings is 2. The number of imide groups is 1. The number of amides is 2. The molecule has 0 atom stereocenters. The molecule has 7 nitrogen and oxygen atoms in total. The number of ether oxygens (including phenoxy) is 1. The molecule has 0 spiro atoms. The zero-order chi connectivity index (χ0) is 22.1. The number of halogens is 1. The van der Waals surface area contributed by atoms with Crippen LogP contribution >= 0.6 is 23.4 Å². The lowest BCUT2D eigenvalue weighted by molar-refractivity contribution is -0.123. The Kier molecular flexibility index (Phi) is 5.75. The highest BCUT2D eigenvalue weighted by Crippen LogP contribution is 2.35. The molecule has 31 heavy (non-hydrogen) atoms. The largest absolute Gasteiger partial charge is 0.463 e. The number of carbonyl (C=O) groups is 3. The molecule has 1 aromatic carbocycles. The Labute approximate surface area is 186 Å². The molecule has 0 unspecified atom stereocenters. The van der Waals surface area contributed by atoms with Crippen LogP contribution in [0.4, 0.5) is 4.79 Å². The minimum atomic E-state index is -0.635. The minimum Gasteiger partial charge on any atom is -0.463 e. The summed E-state index contributed by atoms with van der Waals surface area (Å²) in [5.74, 6) is 0.231. The molecule has 3 heterocycles. The summed E-state index contributed by atoms with van der Waals surface area (Å²) in [5.41, 5.74) is 1.84. The maximum Gasteiger partial charge on any atom is 0.373 e. The highest BCUT2D eigenvalue weighted by atomic mass is 35.5. The number of hydrogen-bond donors (Lipinski definition) is 0. The first-order valence-corrected chi connectivity index (χ1v) is 10.3. The van der Waals surface area contributed by atoms with Crippen molar-refractivity contribution in [2.75, 3.05) is 7.11 Å². The molecule has 2 amide bonds. The topological polar surface area (TPSA) is 90.0 Å². The molecule has 4 rings (SSSR count). The number of carbonyl (C=O) groups excluding carboxylic acids is 3. The van der Waals surface area contributed by atoms with Gasteiger partial charge in [0.15, 0.2) is 0 Å². The fourth-order valence-corrected chi connectivity index (χ4v) is 4.02. The third-order valence-electron chi connectivity index (χ3n) is 4.60. The number of aryl methyl sites for hydroxylation is 1. The number of rotatable bonds is 5. The van der Waals surface area contributed by atoms with Crippen LogP contribution < -0.4 is 0 Å². The van der Waals surface area contributed by atoms with Crippen molar-refractivity contribution in [1.29, 1.82) is 0 Å². The first-order chi connectivity index (χ1) is 14.9. The van der Waals surface area contributed by atoms with Crippen LogP contribution in [0.3, 0.4) is 0 Å². The second kappa shape index (κ2) is 8.49. The third-order valence-corrected chi connectivity index (χ3v) is 5.74. The lowest BCUT2D eigenvalue weighted by Gasteiger charge is -2.09. The van der Waals surface area contributed by atoms with Crippen LogP contribution in [0.1, 0.15) is 27.6 Å². The van der Waals surface area contributed by atoms with E-state index in [0.717, 1.165) is 27.8 Å². The molecule has 2 aromatic heterocycles. The number of benzene rings is 1. The highest BCUT2D eigenvalue weighted by Gasteiger charge is 2.36. The summed E-state index contributed by atoms with van der Waals surface area (Å²) in [6.45, 7) is 1.85. The molecule has 0 saturated carbocycles. The van der Waals surface area contributed by atoms with Crippen LogP contribution in [0.25, 0.3) is 17.4 Å². The van der Waals surface area contributed by atoms with Gasteiger partial charge in [0, 0.05) is 16.7 Å². The number of nitrogens with zero attached hydrogens (tertiary/aromatic N) is 1. The highest BCUT2D eigenvalue weighted by molar-refractivity contribution is 8.18. The molecular weight excluding hydrogens is 442 g/mol. The predicted octanol–water partition coefficient (Wildman–Crippen LogP) is 5.52. The van der Waals surface area contributed by atoms with E-state index in [1.165, 1.54) is 25.3 Å². The summed E-state index contributed by atoms with van der Waals surface area (Å²) < 4.78 is 15.8. The molecule has 0 N–H and O–H groups in total.